The Kier molecular flexibility index (Phi) is 17.7. The van der Waals surface area contributed by atoms with Crippen LogP contribution in [0.3, 0.4) is 0 Å². The first-order valence-corrected chi connectivity index (χ1v) is 28.2. The number of hydrogen-bond donors (Lipinski definition) is 4. The lowest BCUT2D eigenvalue weighted by Crippen LogP contribution is -2.57. The number of pyridine rings is 1. The van der Waals surface area contributed by atoms with E-state index in [-0.39, 0.29) is 69.0 Å². The Balaban J connectivity index is 0.814. The third-order valence-electron chi connectivity index (χ3n) is 13.9. The summed E-state index contributed by atoms with van der Waals surface area (Å²) in [6.45, 7) is 10.3. The molecule has 3 atom stereocenters. The second-order valence-electron chi connectivity index (χ2n) is 20.5. The molecule has 0 unspecified atom stereocenters. The Morgan fingerprint density at radius 1 is 0.974 bits per heavy atom. The maximum Gasteiger partial charge on any atom is 0.246 e. The molecule has 4 amide bonds. The lowest BCUT2D eigenvalue weighted by atomic mass is 9.85. The first-order chi connectivity index (χ1) is 36.7. The number of piperidine rings is 1. The molecule has 410 valence electrons. The smallest absolute Gasteiger partial charge is 0.246 e. The fraction of sp³-hybridized carbons (Fsp3) is 0.444. The highest BCUT2D eigenvalue weighted by molar-refractivity contribution is 7.92. The number of nitrogens with zero attached hydrogens (tertiary/aromatic N) is 8. The number of nitrogens with one attached hydrogen (secondary N) is 3. The van der Waals surface area contributed by atoms with E-state index < -0.39 is 68.7 Å². The Morgan fingerprint density at radius 2 is 1.69 bits per heavy atom. The van der Waals surface area contributed by atoms with E-state index in [9.17, 15) is 32.7 Å². The lowest BCUT2D eigenvalue weighted by Gasteiger charge is -2.37. The number of aliphatic hydroxyl groups is 1. The van der Waals surface area contributed by atoms with Gasteiger partial charge in [0.1, 0.15) is 35.7 Å². The molecular weight excluding hydrogens is 1030 g/mol. The second-order valence-corrected chi connectivity index (χ2v) is 23.2. The first kappa shape index (κ1) is 56.3. The summed E-state index contributed by atoms with van der Waals surface area (Å²) in [6.07, 6.45) is 6.73. The van der Waals surface area contributed by atoms with Crippen LogP contribution in [0.4, 0.5) is 20.3 Å². The monoisotopic (exact) mass is 1100 g/mol. The summed E-state index contributed by atoms with van der Waals surface area (Å²) in [5, 5.41) is 16.4. The molecule has 6 heterocycles. The molecule has 0 bridgehead atoms. The third kappa shape index (κ3) is 13.3. The molecule has 23 heteroatoms. The molecule has 2 aliphatic rings. The van der Waals surface area contributed by atoms with E-state index in [1.807, 2.05) is 63.9 Å². The van der Waals surface area contributed by atoms with E-state index in [0.717, 1.165) is 33.8 Å². The number of β-amino-alcohol motifs (C(OH)–C–C–N with tert-alkyl or cyclic N) is 1. The molecule has 2 aromatic carbocycles. The zero-order valence-electron chi connectivity index (χ0n) is 44.0. The molecule has 0 aliphatic carbocycles. The van der Waals surface area contributed by atoms with Crippen molar-refractivity contribution < 1.29 is 46.2 Å². The lowest BCUT2D eigenvalue weighted by molar-refractivity contribution is -0.144. The van der Waals surface area contributed by atoms with Crippen molar-refractivity contribution in [2.45, 2.75) is 104 Å². The van der Waals surface area contributed by atoms with Crippen molar-refractivity contribution in [1.29, 1.82) is 0 Å². The van der Waals surface area contributed by atoms with Gasteiger partial charge in [-0.1, -0.05) is 52.0 Å². The number of anilines is 2. The van der Waals surface area contributed by atoms with Crippen molar-refractivity contribution in [3.63, 3.8) is 0 Å². The topological polar surface area (TPSA) is 234 Å². The summed E-state index contributed by atoms with van der Waals surface area (Å²) in [7, 11) is -1.99. The first-order valence-electron chi connectivity index (χ1n) is 25.6. The van der Waals surface area contributed by atoms with E-state index in [1.165, 1.54) is 22.0 Å². The molecule has 0 radical (unpaired) electrons. The number of fused-ring (bicyclic) bond motifs is 1. The molecule has 4 N–H and O–H groups in total. The summed E-state index contributed by atoms with van der Waals surface area (Å²) < 4.78 is 66.1. The minimum atomic E-state index is -3.89. The van der Waals surface area contributed by atoms with Crippen LogP contribution in [-0.2, 0) is 40.5 Å². The standard InChI is InChI=1S/C54H65F2N11O8S2/c1-7-24-77(73,74)63-41-13-12-40(55)49(47(41)56)66-30-39(36-27-57-31-58-28-36)48-42(66)14-15-44(61-48)64(6)37-16-20-65(21-17-37)46(70)19-23-75-22-18-45(69)62-51(54(3,4)5)53(72)67-29-38(68)25-43(67)52(71)59-26-34-8-10-35(11-9-34)50-33(2)60-32-76-50/h8-15,27-28,30-32,37-38,43,51,63,68H,7,16-26,29H2,1-6H3,(H,59,71)(H,62,69)/t38-,43+,51-/m1/s1. The van der Waals surface area contributed by atoms with Crippen molar-refractivity contribution in [1.82, 2.24) is 44.9 Å². The highest BCUT2D eigenvalue weighted by atomic mass is 32.2. The van der Waals surface area contributed by atoms with Crippen LogP contribution in [0.25, 0.3) is 38.3 Å². The SMILES string of the molecule is CCCS(=O)(=O)Nc1ccc(F)c(-n2cc(-c3cncnc3)c3nc(N(C)C4CCN(C(=O)CCOCCC(=O)N[C@H](C(=O)N5C[C@H](O)C[C@H]5C(=O)NCc5ccc(-c6scnc6C)cc5)C(C)(C)C)CC4)ccc32)c1F. The number of hydrogen-bond acceptors (Lipinski definition) is 14. The molecular formula is C54H65F2N11O8S2. The van der Waals surface area contributed by atoms with E-state index >= 15 is 8.78 Å². The average Bonchev–Trinajstić information content (AvgIpc) is 4.15. The van der Waals surface area contributed by atoms with Crippen molar-refractivity contribution >= 4 is 67.5 Å². The highest BCUT2D eigenvalue weighted by Crippen LogP contribution is 2.37. The van der Waals surface area contributed by atoms with Gasteiger partial charge in [0.05, 0.1) is 64.3 Å². The van der Waals surface area contributed by atoms with Crippen LogP contribution in [0.1, 0.15) is 77.5 Å². The number of sulfonamides is 1. The number of halogens is 2. The van der Waals surface area contributed by atoms with Crippen molar-refractivity contribution in [2.75, 3.05) is 55.3 Å². The average molecular weight is 1100 g/mol. The predicted molar refractivity (Wildman–Crippen MR) is 289 cm³/mol. The van der Waals surface area contributed by atoms with Gasteiger partial charge in [-0.05, 0) is 67.0 Å². The summed E-state index contributed by atoms with van der Waals surface area (Å²) in [4.78, 5) is 78.0. The Labute approximate surface area is 450 Å². The number of aliphatic hydroxyl groups excluding tert-OH is 1. The van der Waals surface area contributed by atoms with Gasteiger partial charge in [0.25, 0.3) is 0 Å². The second kappa shape index (κ2) is 24.2. The normalized spacial score (nSPS) is 16.6. The number of thiazole rings is 1. The quantitative estimate of drug-likeness (QED) is 0.0609. The molecule has 19 nitrogen and oxygen atoms in total. The van der Waals surface area contributed by atoms with Crippen LogP contribution < -0.4 is 20.3 Å². The zero-order valence-corrected chi connectivity index (χ0v) is 45.6. The number of aryl methyl sites for hydroxylation is 1. The van der Waals surface area contributed by atoms with Gasteiger partial charge in [-0.25, -0.2) is 37.1 Å². The number of likely N-dealkylation sites (tertiary alicyclic amines) is 2. The summed E-state index contributed by atoms with van der Waals surface area (Å²) >= 11 is 1.56. The van der Waals surface area contributed by atoms with Crippen LogP contribution in [0.5, 0.6) is 0 Å². The van der Waals surface area contributed by atoms with Gasteiger partial charge in [-0.15, -0.1) is 11.3 Å². The number of rotatable bonds is 20. The minimum Gasteiger partial charge on any atom is -0.391 e. The Bertz CT molecular complexity index is 3200. The van der Waals surface area contributed by atoms with Gasteiger partial charge >= 0.3 is 0 Å². The largest absolute Gasteiger partial charge is 0.391 e. The van der Waals surface area contributed by atoms with Crippen molar-refractivity contribution in [3.8, 4) is 27.3 Å². The number of amides is 4. The van der Waals surface area contributed by atoms with Crippen LogP contribution in [0.2, 0.25) is 0 Å². The summed E-state index contributed by atoms with van der Waals surface area (Å²) in [5.74, 6) is -3.07. The van der Waals surface area contributed by atoms with Crippen LogP contribution >= 0.6 is 11.3 Å². The van der Waals surface area contributed by atoms with E-state index in [4.69, 9.17) is 9.72 Å². The molecule has 2 saturated heterocycles. The number of benzene rings is 2. The Hall–Kier alpha value is -6.95. The predicted octanol–water partition coefficient (Wildman–Crippen LogP) is 6.38. The Morgan fingerprint density at radius 3 is 2.36 bits per heavy atom. The maximum atomic E-state index is 16.1. The number of ether oxygens (including phenoxy) is 1. The van der Waals surface area contributed by atoms with E-state index in [2.05, 4.69) is 30.3 Å². The molecule has 8 rings (SSSR count). The fourth-order valence-corrected chi connectivity index (χ4v) is 11.7. The highest BCUT2D eigenvalue weighted by Gasteiger charge is 2.44. The number of carbonyl (C=O) groups excluding carboxylic acids is 4. The molecule has 0 saturated carbocycles. The molecule has 77 heavy (non-hydrogen) atoms. The zero-order chi connectivity index (χ0) is 55.2. The molecule has 4 aromatic heterocycles. The third-order valence-corrected chi connectivity index (χ3v) is 16.4. The van der Waals surface area contributed by atoms with Gasteiger partial charge in [0.2, 0.25) is 33.7 Å². The van der Waals surface area contributed by atoms with E-state index in [1.54, 1.807) is 53.2 Å². The van der Waals surface area contributed by atoms with E-state index in [0.29, 0.717) is 60.3 Å². The molecule has 2 fully saturated rings. The fourth-order valence-electron chi connectivity index (χ4n) is 9.74. The van der Waals surface area contributed by atoms with Gasteiger partial charge in [0, 0.05) is 81.8 Å². The molecule has 6 aromatic rings. The maximum absolute atomic E-state index is 16.1. The van der Waals surface area contributed by atoms with Crippen LogP contribution in [0, 0.1) is 24.0 Å². The van der Waals surface area contributed by atoms with Gasteiger partial charge in [-0.3, -0.25) is 23.9 Å². The van der Waals surface area contributed by atoms with Crippen molar-refractivity contribution in [3.05, 3.63) is 102 Å². The van der Waals surface area contributed by atoms with Crippen molar-refractivity contribution in [2.24, 2.45) is 5.41 Å². The minimum absolute atomic E-state index is 0.00584. The van der Waals surface area contributed by atoms with Crippen LogP contribution in [0.15, 0.2) is 79.0 Å². The van der Waals surface area contributed by atoms with Gasteiger partial charge in [-0.2, -0.15) is 0 Å². The summed E-state index contributed by atoms with van der Waals surface area (Å²) in [6, 6.07) is 11.4. The van der Waals surface area contributed by atoms with Crippen LogP contribution in [-0.4, -0.2) is 141 Å². The van der Waals surface area contributed by atoms with Gasteiger partial charge in [0.15, 0.2) is 5.82 Å². The number of aromatic nitrogens is 5. The summed E-state index contributed by atoms with van der Waals surface area (Å²) in [5.41, 5.74) is 4.82. The molecule has 0 spiro atoms. The molecule has 2 aliphatic heterocycles. The number of carbonyl (C=O) groups is 4. The van der Waals surface area contributed by atoms with Gasteiger partial charge < -0.3 is 39.7 Å².